The molecule has 0 saturated heterocycles. The van der Waals surface area contributed by atoms with Gasteiger partial charge in [-0.25, -0.2) is 4.98 Å². The first kappa shape index (κ1) is 14.0. The van der Waals surface area contributed by atoms with Crippen molar-refractivity contribution in [1.29, 1.82) is 0 Å². The Morgan fingerprint density at radius 1 is 1.24 bits per heavy atom. The van der Waals surface area contributed by atoms with E-state index in [-0.39, 0.29) is 23.8 Å². The van der Waals surface area contributed by atoms with Gasteiger partial charge in [0.25, 0.3) is 5.56 Å². The van der Waals surface area contributed by atoms with Gasteiger partial charge in [-0.2, -0.15) is 0 Å². The molecule has 0 aliphatic heterocycles. The second-order valence-electron chi connectivity index (χ2n) is 5.88. The SMILES string of the molecule is Cc1nc2ccccc2n(CC(=O)C2CCCCC2)c1=O. The van der Waals surface area contributed by atoms with Crippen molar-refractivity contribution < 1.29 is 4.79 Å². The minimum absolute atomic E-state index is 0.123. The van der Waals surface area contributed by atoms with Gasteiger partial charge < -0.3 is 0 Å². The Balaban J connectivity index is 1.97. The average molecular weight is 284 g/mol. The Morgan fingerprint density at radius 3 is 2.71 bits per heavy atom. The first-order valence-electron chi connectivity index (χ1n) is 7.65. The van der Waals surface area contributed by atoms with E-state index in [9.17, 15) is 9.59 Å². The van der Waals surface area contributed by atoms with E-state index in [1.54, 1.807) is 11.5 Å². The number of para-hydroxylation sites is 2. The molecule has 1 saturated carbocycles. The Hall–Kier alpha value is -1.97. The highest BCUT2D eigenvalue weighted by molar-refractivity contribution is 5.83. The number of benzene rings is 1. The fourth-order valence-electron chi connectivity index (χ4n) is 3.19. The van der Waals surface area contributed by atoms with E-state index in [4.69, 9.17) is 0 Å². The summed E-state index contributed by atoms with van der Waals surface area (Å²) in [6, 6.07) is 7.51. The molecule has 110 valence electrons. The molecule has 0 N–H and O–H groups in total. The van der Waals surface area contributed by atoms with Crippen molar-refractivity contribution in [2.24, 2.45) is 5.92 Å². The Morgan fingerprint density at radius 2 is 1.95 bits per heavy atom. The molecule has 0 spiro atoms. The second-order valence-corrected chi connectivity index (χ2v) is 5.88. The summed E-state index contributed by atoms with van der Waals surface area (Å²) in [5.74, 6) is 0.311. The number of rotatable bonds is 3. The molecular weight excluding hydrogens is 264 g/mol. The van der Waals surface area contributed by atoms with Crippen LogP contribution in [-0.4, -0.2) is 15.3 Å². The molecule has 4 heteroatoms. The zero-order valence-electron chi connectivity index (χ0n) is 12.3. The molecule has 0 atom stereocenters. The molecule has 1 aromatic heterocycles. The van der Waals surface area contributed by atoms with E-state index >= 15 is 0 Å². The van der Waals surface area contributed by atoms with Gasteiger partial charge in [-0.3, -0.25) is 14.2 Å². The number of hydrogen-bond donors (Lipinski definition) is 0. The summed E-state index contributed by atoms with van der Waals surface area (Å²) in [7, 11) is 0. The maximum Gasteiger partial charge on any atom is 0.272 e. The van der Waals surface area contributed by atoms with Crippen LogP contribution in [0.4, 0.5) is 0 Å². The number of Topliss-reactive ketones (excluding diaryl/α,β-unsaturated/α-hetero) is 1. The summed E-state index contributed by atoms with van der Waals surface area (Å²) in [4.78, 5) is 29.2. The van der Waals surface area contributed by atoms with Gasteiger partial charge >= 0.3 is 0 Å². The van der Waals surface area contributed by atoms with Gasteiger partial charge in [-0.15, -0.1) is 0 Å². The fourth-order valence-corrected chi connectivity index (χ4v) is 3.19. The van der Waals surface area contributed by atoms with Crippen LogP contribution in [0.25, 0.3) is 11.0 Å². The zero-order chi connectivity index (χ0) is 14.8. The van der Waals surface area contributed by atoms with Crippen LogP contribution in [0.5, 0.6) is 0 Å². The molecule has 21 heavy (non-hydrogen) atoms. The highest BCUT2D eigenvalue weighted by Crippen LogP contribution is 2.25. The zero-order valence-corrected chi connectivity index (χ0v) is 12.3. The van der Waals surface area contributed by atoms with Crippen LogP contribution in [0.15, 0.2) is 29.1 Å². The third kappa shape index (κ3) is 2.75. The number of nitrogens with zero attached hydrogens (tertiary/aromatic N) is 2. The van der Waals surface area contributed by atoms with Gasteiger partial charge in [0.2, 0.25) is 0 Å². The van der Waals surface area contributed by atoms with Crippen LogP contribution in [-0.2, 0) is 11.3 Å². The summed E-state index contributed by atoms with van der Waals surface area (Å²) < 4.78 is 1.59. The molecule has 0 unspecified atom stereocenters. The van der Waals surface area contributed by atoms with E-state index in [0.717, 1.165) is 36.7 Å². The summed E-state index contributed by atoms with van der Waals surface area (Å²) in [5.41, 5.74) is 1.81. The van der Waals surface area contributed by atoms with Crippen LogP contribution in [0.3, 0.4) is 0 Å². The molecule has 1 aromatic carbocycles. The first-order valence-corrected chi connectivity index (χ1v) is 7.65. The third-order valence-corrected chi connectivity index (χ3v) is 4.39. The summed E-state index contributed by atoms with van der Waals surface area (Å²) in [5, 5.41) is 0. The largest absolute Gasteiger partial charge is 0.298 e. The first-order chi connectivity index (χ1) is 10.2. The van der Waals surface area contributed by atoms with Crippen LogP contribution in [0, 0.1) is 12.8 Å². The minimum Gasteiger partial charge on any atom is -0.298 e. The molecular formula is C17H20N2O2. The number of carbonyl (C=O) groups is 1. The molecule has 1 fully saturated rings. The van der Waals surface area contributed by atoms with Gasteiger partial charge in [0.05, 0.1) is 17.6 Å². The summed E-state index contributed by atoms with van der Waals surface area (Å²) in [6.07, 6.45) is 5.41. The molecule has 3 rings (SSSR count). The van der Waals surface area contributed by atoms with Crippen LogP contribution >= 0.6 is 0 Å². The molecule has 2 aromatic rings. The standard InChI is InChI=1S/C17H20N2O2/c1-12-17(21)19(15-10-6-5-9-14(15)18-12)11-16(20)13-7-3-2-4-8-13/h5-6,9-10,13H,2-4,7-8,11H2,1H3. The Kier molecular flexibility index (Phi) is 3.86. The van der Waals surface area contributed by atoms with Crippen molar-refractivity contribution in [3.63, 3.8) is 0 Å². The normalized spacial score (nSPS) is 16.2. The lowest BCUT2D eigenvalue weighted by molar-refractivity contribution is -0.124. The predicted molar refractivity (Wildman–Crippen MR) is 82.3 cm³/mol. The lowest BCUT2D eigenvalue weighted by atomic mass is 9.86. The monoisotopic (exact) mass is 284 g/mol. The third-order valence-electron chi connectivity index (χ3n) is 4.39. The predicted octanol–water partition coefficient (Wildman–Crippen LogP) is 2.85. The van der Waals surface area contributed by atoms with Gasteiger partial charge in [0.15, 0.2) is 5.78 Å². The Labute approximate surface area is 123 Å². The summed E-state index contributed by atoms with van der Waals surface area (Å²) >= 11 is 0. The minimum atomic E-state index is -0.155. The maximum atomic E-state index is 12.5. The van der Waals surface area contributed by atoms with Crippen LogP contribution in [0.1, 0.15) is 37.8 Å². The van der Waals surface area contributed by atoms with E-state index in [0.29, 0.717) is 5.69 Å². The van der Waals surface area contributed by atoms with Crippen molar-refractivity contribution in [1.82, 2.24) is 9.55 Å². The molecule has 0 bridgehead atoms. The van der Waals surface area contributed by atoms with Crippen molar-refractivity contribution in [3.8, 4) is 0 Å². The highest BCUT2D eigenvalue weighted by Gasteiger charge is 2.22. The molecule has 1 aliphatic rings. The van der Waals surface area contributed by atoms with Crippen molar-refractivity contribution in [3.05, 3.63) is 40.3 Å². The fraction of sp³-hybridized carbons (Fsp3) is 0.471. The topological polar surface area (TPSA) is 52.0 Å². The van der Waals surface area contributed by atoms with Crippen molar-refractivity contribution in [2.45, 2.75) is 45.6 Å². The number of fused-ring (bicyclic) bond motifs is 1. The molecule has 1 aliphatic carbocycles. The summed E-state index contributed by atoms with van der Waals surface area (Å²) in [6.45, 7) is 1.88. The lowest BCUT2D eigenvalue weighted by Crippen LogP contribution is -2.30. The maximum absolute atomic E-state index is 12.5. The smallest absolute Gasteiger partial charge is 0.272 e. The number of aryl methyl sites for hydroxylation is 1. The van der Waals surface area contributed by atoms with E-state index in [1.165, 1.54) is 6.42 Å². The van der Waals surface area contributed by atoms with Gasteiger partial charge in [0.1, 0.15) is 5.69 Å². The average Bonchev–Trinajstić information content (AvgIpc) is 2.52. The van der Waals surface area contributed by atoms with Crippen LogP contribution < -0.4 is 5.56 Å². The van der Waals surface area contributed by atoms with Crippen molar-refractivity contribution >= 4 is 16.8 Å². The second kappa shape index (κ2) is 5.80. The van der Waals surface area contributed by atoms with Gasteiger partial charge in [-0.1, -0.05) is 31.4 Å². The number of aromatic nitrogens is 2. The number of carbonyl (C=O) groups excluding carboxylic acids is 1. The Bertz CT molecular complexity index is 727. The van der Waals surface area contributed by atoms with E-state index in [1.807, 2.05) is 24.3 Å². The highest BCUT2D eigenvalue weighted by atomic mass is 16.1. The quantitative estimate of drug-likeness (QED) is 0.871. The van der Waals surface area contributed by atoms with Crippen molar-refractivity contribution in [2.75, 3.05) is 0 Å². The van der Waals surface area contributed by atoms with E-state index < -0.39 is 0 Å². The van der Waals surface area contributed by atoms with Crippen LogP contribution in [0.2, 0.25) is 0 Å². The molecule has 4 nitrogen and oxygen atoms in total. The molecule has 1 heterocycles. The van der Waals surface area contributed by atoms with Gasteiger partial charge in [-0.05, 0) is 31.9 Å². The number of hydrogen-bond acceptors (Lipinski definition) is 3. The van der Waals surface area contributed by atoms with E-state index in [2.05, 4.69) is 4.98 Å². The van der Waals surface area contributed by atoms with Gasteiger partial charge in [0, 0.05) is 5.92 Å². The number of ketones is 1. The molecule has 0 radical (unpaired) electrons. The molecule has 0 amide bonds. The lowest BCUT2D eigenvalue weighted by Gasteiger charge is -2.21.